The summed E-state index contributed by atoms with van der Waals surface area (Å²) >= 11 is 0. The van der Waals surface area contributed by atoms with Gasteiger partial charge in [0.05, 0.1) is 45.0 Å². The van der Waals surface area contributed by atoms with Gasteiger partial charge in [-0.15, -0.1) is 0 Å². The normalized spacial score (nSPS) is 26.0. The maximum absolute atomic E-state index is 14.5. The minimum atomic E-state index is -1.47. The van der Waals surface area contributed by atoms with Crippen LogP contribution in [0.4, 0.5) is 4.79 Å². The molecule has 1 aromatic rings. The summed E-state index contributed by atoms with van der Waals surface area (Å²) in [5.74, 6) is -3.92. The summed E-state index contributed by atoms with van der Waals surface area (Å²) in [5, 5.41) is 33.0. The van der Waals surface area contributed by atoms with Crippen LogP contribution in [0.3, 0.4) is 0 Å². The van der Waals surface area contributed by atoms with E-state index < -0.39 is 97.8 Å². The number of amides is 6. The lowest BCUT2D eigenvalue weighted by atomic mass is 9.83. The van der Waals surface area contributed by atoms with Crippen molar-refractivity contribution in [3.05, 3.63) is 35.9 Å². The Kier molecular flexibility index (Phi) is 23.2. The summed E-state index contributed by atoms with van der Waals surface area (Å²) in [4.78, 5) is 85.7. The minimum absolute atomic E-state index is 0.00930. The molecule has 17 nitrogen and oxygen atoms in total. The van der Waals surface area contributed by atoms with Crippen LogP contribution in [0.25, 0.3) is 0 Å². The minimum Gasteiger partial charge on any atom is -0.445 e. The Morgan fingerprint density at radius 1 is 0.903 bits per heavy atom. The summed E-state index contributed by atoms with van der Waals surface area (Å²) in [6, 6.07) is 3.50. The van der Waals surface area contributed by atoms with Gasteiger partial charge in [0.2, 0.25) is 29.5 Å². The van der Waals surface area contributed by atoms with Gasteiger partial charge in [0.15, 0.2) is 0 Å². The van der Waals surface area contributed by atoms with Crippen LogP contribution in [0.5, 0.6) is 0 Å². The van der Waals surface area contributed by atoms with Crippen molar-refractivity contribution in [1.82, 2.24) is 31.5 Å². The van der Waals surface area contributed by atoms with Crippen molar-refractivity contribution >= 4 is 35.6 Å². The van der Waals surface area contributed by atoms with Gasteiger partial charge in [0.1, 0.15) is 36.9 Å². The Labute approximate surface area is 367 Å². The van der Waals surface area contributed by atoms with E-state index in [0.29, 0.717) is 25.7 Å². The third-order valence-corrected chi connectivity index (χ3v) is 11.5. The molecule has 8 atom stereocenters. The Bertz CT molecular complexity index is 1550. The number of unbranched alkanes of at least 4 members (excludes halogenated alkanes) is 3. The van der Waals surface area contributed by atoms with Crippen LogP contribution in [-0.4, -0.2) is 133 Å². The average Bonchev–Trinajstić information content (AvgIpc) is 3.26. The van der Waals surface area contributed by atoms with Gasteiger partial charge in [0, 0.05) is 13.1 Å². The fraction of sp³-hybridized carbons (Fsp3) is 0.733. The maximum atomic E-state index is 14.5. The molecule has 2 fully saturated rings. The molecule has 1 aliphatic heterocycles. The van der Waals surface area contributed by atoms with E-state index in [9.17, 15) is 39.0 Å². The average molecular weight is 875 g/mol. The van der Waals surface area contributed by atoms with Gasteiger partial charge in [-0.2, -0.15) is 0 Å². The first-order valence-corrected chi connectivity index (χ1v) is 22.6. The van der Waals surface area contributed by atoms with Gasteiger partial charge in [0.25, 0.3) is 0 Å². The van der Waals surface area contributed by atoms with Crippen molar-refractivity contribution in [2.45, 2.75) is 154 Å². The van der Waals surface area contributed by atoms with E-state index in [1.54, 1.807) is 45.2 Å². The van der Waals surface area contributed by atoms with Crippen LogP contribution >= 0.6 is 0 Å². The number of ether oxygens (including phenoxy) is 3. The van der Waals surface area contributed by atoms with Crippen molar-refractivity contribution in [3.8, 4) is 0 Å². The first-order valence-electron chi connectivity index (χ1n) is 22.6. The monoisotopic (exact) mass is 875 g/mol. The summed E-state index contributed by atoms with van der Waals surface area (Å²) in [6.07, 6.45) is 5.92. The Morgan fingerprint density at radius 2 is 1.58 bits per heavy atom. The van der Waals surface area contributed by atoms with Crippen LogP contribution < -0.4 is 26.6 Å². The largest absolute Gasteiger partial charge is 0.445 e. The number of carbonyl (C=O) groups is 6. The molecule has 0 unspecified atom stereocenters. The Morgan fingerprint density at radius 3 is 2.24 bits per heavy atom. The van der Waals surface area contributed by atoms with Crippen LogP contribution in [0.2, 0.25) is 0 Å². The van der Waals surface area contributed by atoms with E-state index in [-0.39, 0.29) is 37.6 Å². The number of carbonyl (C=O) groups excluding carboxylic acids is 6. The number of hydrogen-bond acceptors (Lipinski definition) is 11. The van der Waals surface area contributed by atoms with E-state index in [4.69, 9.17) is 14.2 Å². The SMILES string of the molecule is CCCCCC[C@H]1OC[C@@H](C)NC(=O)[C@H](COC[C@@H](O)CO)NC(=O)[C@H](CNC(=O)OCc2ccccc2)NC(=O)[C@H](C2CCCCC2)NC(=O)[C@H](CC(C)C)N(C)C(=O)[C@@H]1C. The molecular formula is C45H74N6O11. The lowest BCUT2D eigenvalue weighted by molar-refractivity contribution is -0.147. The zero-order valence-electron chi connectivity index (χ0n) is 37.7. The summed E-state index contributed by atoms with van der Waals surface area (Å²) in [5.41, 5.74) is 0.728. The molecule has 0 bridgehead atoms. The summed E-state index contributed by atoms with van der Waals surface area (Å²) in [7, 11) is 1.60. The molecule has 0 radical (unpaired) electrons. The van der Waals surface area contributed by atoms with Gasteiger partial charge in [-0.1, -0.05) is 103 Å². The number of benzene rings is 1. The second-order valence-corrected chi connectivity index (χ2v) is 17.3. The smallest absolute Gasteiger partial charge is 0.407 e. The number of hydrogen-bond donors (Lipinski definition) is 7. The molecular weight excluding hydrogens is 801 g/mol. The topological polar surface area (TPSA) is 234 Å². The molecule has 1 heterocycles. The number of nitrogens with one attached hydrogen (secondary N) is 5. The Hall–Kier alpha value is -4.32. The molecule has 1 aliphatic carbocycles. The van der Waals surface area contributed by atoms with E-state index in [1.165, 1.54) is 4.90 Å². The van der Waals surface area contributed by atoms with Crippen molar-refractivity contribution in [2.24, 2.45) is 17.8 Å². The van der Waals surface area contributed by atoms with Gasteiger partial charge in [-0.25, -0.2) is 4.79 Å². The number of aliphatic hydroxyl groups is 2. The third kappa shape index (κ3) is 17.8. The van der Waals surface area contributed by atoms with E-state index in [1.807, 2.05) is 19.9 Å². The van der Waals surface area contributed by atoms with Crippen molar-refractivity contribution in [2.75, 3.05) is 40.0 Å². The number of rotatable bonds is 17. The second kappa shape index (κ2) is 27.7. The lowest BCUT2D eigenvalue weighted by Crippen LogP contribution is -2.62. The molecule has 3 rings (SSSR count). The molecule has 17 heteroatoms. The van der Waals surface area contributed by atoms with Gasteiger partial charge < -0.3 is 55.9 Å². The molecule has 1 saturated heterocycles. The molecule has 1 saturated carbocycles. The zero-order chi connectivity index (χ0) is 45.6. The summed E-state index contributed by atoms with van der Waals surface area (Å²) in [6.45, 7) is 7.67. The number of likely N-dealkylation sites (N-methyl/N-ethyl adjacent to an activating group) is 1. The molecule has 2 aliphatic rings. The van der Waals surface area contributed by atoms with E-state index >= 15 is 0 Å². The van der Waals surface area contributed by atoms with Crippen LogP contribution in [0, 0.1) is 17.8 Å². The van der Waals surface area contributed by atoms with Crippen LogP contribution in [0.15, 0.2) is 30.3 Å². The number of alkyl carbamates (subject to hydrolysis) is 1. The highest BCUT2D eigenvalue weighted by molar-refractivity contribution is 5.96. The van der Waals surface area contributed by atoms with Crippen LogP contribution in [-0.2, 0) is 44.8 Å². The number of nitrogens with zero attached hydrogens (tertiary/aromatic N) is 1. The number of aliphatic hydroxyl groups excluding tert-OH is 2. The van der Waals surface area contributed by atoms with Crippen molar-refractivity contribution in [3.63, 3.8) is 0 Å². The van der Waals surface area contributed by atoms with E-state index in [0.717, 1.165) is 50.5 Å². The zero-order valence-corrected chi connectivity index (χ0v) is 37.7. The fourth-order valence-corrected chi connectivity index (χ4v) is 7.80. The molecule has 350 valence electrons. The highest BCUT2D eigenvalue weighted by Crippen LogP contribution is 2.28. The first kappa shape index (κ1) is 52.0. The highest BCUT2D eigenvalue weighted by Gasteiger charge is 2.39. The molecule has 6 amide bonds. The highest BCUT2D eigenvalue weighted by atomic mass is 16.5. The van der Waals surface area contributed by atoms with Gasteiger partial charge >= 0.3 is 6.09 Å². The maximum Gasteiger partial charge on any atom is 0.407 e. The quantitative estimate of drug-likeness (QED) is 0.113. The van der Waals surface area contributed by atoms with E-state index in [2.05, 4.69) is 33.5 Å². The van der Waals surface area contributed by atoms with Crippen molar-refractivity contribution < 1.29 is 53.2 Å². The predicted molar refractivity (Wildman–Crippen MR) is 232 cm³/mol. The standard InChI is InChI=1S/C45H74N6O11/c1-7-8-9-16-21-38-31(5)44(58)51(6)37(22-29(2)3)42(56)50-39(33-19-14-11-15-20-33)43(57)48-35(23-46-45(59)62-26-32-17-12-10-13-18-32)40(54)49-36(28-60-27-34(53)24-52)41(55)47-30(4)25-61-38/h10,12-13,17-18,29-31,33-39,52-53H,7-9,11,14-16,19-28H2,1-6H3,(H,46,59)(H,47,55)(H,48,57)(H,49,54)(H,50,56)/t30-,31-,34+,35+,36+,37+,38-,39+/m1/s1. The molecule has 0 aromatic heterocycles. The fourth-order valence-electron chi connectivity index (χ4n) is 7.80. The second-order valence-electron chi connectivity index (χ2n) is 17.3. The lowest BCUT2D eigenvalue weighted by Gasteiger charge is -2.36. The van der Waals surface area contributed by atoms with Gasteiger partial charge in [-0.05, 0) is 50.0 Å². The van der Waals surface area contributed by atoms with Crippen molar-refractivity contribution in [1.29, 1.82) is 0 Å². The predicted octanol–water partition coefficient (Wildman–Crippen LogP) is 2.70. The molecule has 1 aromatic carbocycles. The summed E-state index contributed by atoms with van der Waals surface area (Å²) < 4.78 is 17.3. The first-order chi connectivity index (χ1) is 29.6. The molecule has 0 spiro atoms. The molecule has 62 heavy (non-hydrogen) atoms. The Balaban J connectivity index is 2.05. The van der Waals surface area contributed by atoms with Gasteiger partial charge in [-0.3, -0.25) is 24.0 Å². The molecule has 7 N–H and O–H groups in total. The third-order valence-electron chi connectivity index (χ3n) is 11.5. The van der Waals surface area contributed by atoms with Crippen LogP contribution in [0.1, 0.15) is 111 Å².